The summed E-state index contributed by atoms with van der Waals surface area (Å²) < 4.78 is 0. The van der Waals surface area contributed by atoms with Crippen LogP contribution in [0, 0.1) is 0 Å². The lowest BCUT2D eigenvalue weighted by Gasteiger charge is -2.12. The first-order chi connectivity index (χ1) is 3.63. The van der Waals surface area contributed by atoms with Gasteiger partial charge in [0.2, 0.25) is 0 Å². The van der Waals surface area contributed by atoms with Crippen LogP contribution in [0.5, 0.6) is 0 Å². The second-order valence-electron chi connectivity index (χ2n) is 2.89. The molecule has 1 saturated heterocycles. The number of rotatable bonds is 0. The van der Waals surface area contributed by atoms with Gasteiger partial charge in [0, 0.05) is 0 Å². The molecule has 1 fully saturated rings. The largest absolute Gasteiger partial charge is 0.0975 e. The van der Waals surface area contributed by atoms with Crippen molar-refractivity contribution < 1.29 is 0 Å². The van der Waals surface area contributed by atoms with Gasteiger partial charge in [-0.25, -0.2) is 0 Å². The highest BCUT2D eigenvalue weighted by Gasteiger charge is 2.24. The van der Waals surface area contributed by atoms with E-state index in [0.717, 1.165) is 5.66 Å². The van der Waals surface area contributed by atoms with E-state index in [9.17, 15) is 0 Å². The molecule has 0 aromatic rings. The Morgan fingerprint density at radius 3 is 2.38 bits per heavy atom. The fourth-order valence-electron chi connectivity index (χ4n) is 1.19. The first-order valence-electron chi connectivity index (χ1n) is 3.19. The number of hydrogen-bond donors (Lipinski definition) is 0. The average Bonchev–Trinajstić information content (AvgIpc) is 1.86. The van der Waals surface area contributed by atoms with E-state index in [1.807, 2.05) is 0 Å². The Morgan fingerprint density at radius 2 is 2.25 bits per heavy atom. The zero-order valence-corrected chi connectivity index (χ0v) is 7.27. The van der Waals surface area contributed by atoms with Crippen molar-refractivity contribution in [2.45, 2.75) is 25.4 Å². The zero-order valence-electron chi connectivity index (χ0n) is 5.55. The topological polar surface area (TPSA) is 0 Å². The molecule has 0 spiro atoms. The predicted octanol–water partition coefficient (Wildman–Crippen LogP) is 2.28. The highest BCUT2D eigenvalue weighted by molar-refractivity contribution is 8.14. The van der Waals surface area contributed by atoms with E-state index < -0.39 is 6.04 Å². The van der Waals surface area contributed by atoms with Crippen LogP contribution >= 0.6 is 6.04 Å². The lowest BCUT2D eigenvalue weighted by molar-refractivity contribution is 0.835. The second-order valence-corrected chi connectivity index (χ2v) is 9.07. The molecule has 0 radical (unpaired) electrons. The van der Waals surface area contributed by atoms with E-state index in [2.05, 4.69) is 13.6 Å². The van der Waals surface area contributed by atoms with Crippen LogP contribution in [0.25, 0.3) is 0 Å². The quantitative estimate of drug-likeness (QED) is 0.475. The molecule has 48 valence electrons. The van der Waals surface area contributed by atoms with Gasteiger partial charge in [0.05, 0.1) is 0 Å². The number of hydrogen-bond acceptors (Lipinski definition) is 1. The standard InChI is InChI=1S/C6H13PS/c1-6-4-3-5-7(6,2)8/h6H,3-5H2,1-2H3/t6-,7-/m0/s1. The predicted molar refractivity (Wildman–Crippen MR) is 43.8 cm³/mol. The molecule has 0 amide bonds. The lowest BCUT2D eigenvalue weighted by Crippen LogP contribution is -1.92. The van der Waals surface area contributed by atoms with Crippen molar-refractivity contribution in [1.82, 2.24) is 0 Å². The van der Waals surface area contributed by atoms with Crippen LogP contribution in [0.2, 0.25) is 0 Å². The summed E-state index contributed by atoms with van der Waals surface area (Å²) in [6.07, 6.45) is 4.16. The van der Waals surface area contributed by atoms with Crippen LogP contribution in [0.3, 0.4) is 0 Å². The molecule has 0 nitrogen and oxygen atoms in total. The molecule has 1 aliphatic heterocycles. The minimum atomic E-state index is -0.801. The third-order valence-electron chi connectivity index (χ3n) is 2.16. The van der Waals surface area contributed by atoms with E-state index in [-0.39, 0.29) is 0 Å². The van der Waals surface area contributed by atoms with E-state index in [0.29, 0.717) is 0 Å². The molecule has 0 saturated carbocycles. The molecular weight excluding hydrogens is 135 g/mol. The van der Waals surface area contributed by atoms with Gasteiger partial charge in [-0.1, -0.05) is 18.7 Å². The van der Waals surface area contributed by atoms with Gasteiger partial charge in [0.1, 0.15) is 0 Å². The molecule has 1 heterocycles. The van der Waals surface area contributed by atoms with Gasteiger partial charge in [-0.05, 0) is 37.4 Å². The van der Waals surface area contributed by atoms with E-state index in [1.165, 1.54) is 19.0 Å². The van der Waals surface area contributed by atoms with Crippen molar-refractivity contribution in [2.75, 3.05) is 12.8 Å². The Hall–Kier alpha value is 0.650. The van der Waals surface area contributed by atoms with E-state index in [1.54, 1.807) is 0 Å². The first kappa shape index (κ1) is 6.77. The van der Waals surface area contributed by atoms with Gasteiger partial charge in [-0.15, -0.1) is 0 Å². The van der Waals surface area contributed by atoms with E-state index >= 15 is 0 Å². The molecule has 1 rings (SSSR count). The molecule has 0 aromatic heterocycles. The van der Waals surface area contributed by atoms with Crippen LogP contribution in [0.4, 0.5) is 0 Å². The second kappa shape index (κ2) is 2.11. The first-order valence-corrected chi connectivity index (χ1v) is 6.69. The van der Waals surface area contributed by atoms with Gasteiger partial charge in [-0.3, -0.25) is 0 Å². The van der Waals surface area contributed by atoms with Gasteiger partial charge in [-0.2, -0.15) is 0 Å². The Labute approximate surface area is 56.7 Å². The molecule has 0 unspecified atom stereocenters. The van der Waals surface area contributed by atoms with Crippen LogP contribution < -0.4 is 0 Å². The fraction of sp³-hybridized carbons (Fsp3) is 1.00. The maximum absolute atomic E-state index is 5.44. The highest BCUT2D eigenvalue weighted by Crippen LogP contribution is 2.54. The maximum atomic E-state index is 5.44. The summed E-state index contributed by atoms with van der Waals surface area (Å²) in [4.78, 5) is 0. The molecule has 0 aromatic carbocycles. The van der Waals surface area contributed by atoms with Gasteiger partial charge in [0.15, 0.2) is 0 Å². The minimum absolute atomic E-state index is 0.801. The Balaban J connectivity index is 2.69. The summed E-state index contributed by atoms with van der Waals surface area (Å²) in [5.74, 6) is 0. The van der Waals surface area contributed by atoms with Crippen molar-refractivity contribution in [1.29, 1.82) is 0 Å². The van der Waals surface area contributed by atoms with Crippen LogP contribution in [0.15, 0.2) is 0 Å². The highest BCUT2D eigenvalue weighted by atomic mass is 32.4. The van der Waals surface area contributed by atoms with Crippen LogP contribution in [-0.4, -0.2) is 18.5 Å². The molecular formula is C6H13PS. The molecule has 0 aliphatic carbocycles. The van der Waals surface area contributed by atoms with E-state index in [4.69, 9.17) is 11.8 Å². The van der Waals surface area contributed by atoms with Gasteiger partial charge < -0.3 is 0 Å². The van der Waals surface area contributed by atoms with Crippen molar-refractivity contribution in [3.63, 3.8) is 0 Å². The summed E-state index contributed by atoms with van der Waals surface area (Å²) in [6.45, 7) is 4.62. The fourth-order valence-corrected chi connectivity index (χ4v) is 3.88. The van der Waals surface area contributed by atoms with Crippen molar-refractivity contribution in [2.24, 2.45) is 0 Å². The van der Waals surface area contributed by atoms with Crippen molar-refractivity contribution in [3.8, 4) is 0 Å². The summed E-state index contributed by atoms with van der Waals surface area (Å²) in [5, 5.41) is 0. The Morgan fingerprint density at radius 1 is 1.62 bits per heavy atom. The SMILES string of the molecule is C[C@H]1CCC[P@]1(C)=S. The maximum Gasteiger partial charge on any atom is -0.0149 e. The normalized spacial score (nSPS) is 47.5. The van der Waals surface area contributed by atoms with Crippen molar-refractivity contribution >= 4 is 17.8 Å². The Kier molecular flexibility index (Phi) is 1.79. The molecule has 1 aliphatic rings. The Bertz CT molecular complexity index is 130. The summed E-state index contributed by atoms with van der Waals surface area (Å²) in [5.41, 5.74) is 0.887. The summed E-state index contributed by atoms with van der Waals surface area (Å²) >= 11 is 5.44. The van der Waals surface area contributed by atoms with Gasteiger partial charge >= 0.3 is 0 Å². The smallest absolute Gasteiger partial charge is 0.0149 e. The average molecular weight is 148 g/mol. The summed E-state index contributed by atoms with van der Waals surface area (Å²) in [6, 6.07) is -0.801. The minimum Gasteiger partial charge on any atom is -0.0975 e. The third-order valence-corrected chi connectivity index (χ3v) is 7.11. The molecule has 2 atom stereocenters. The monoisotopic (exact) mass is 148 g/mol. The van der Waals surface area contributed by atoms with Crippen LogP contribution in [0.1, 0.15) is 19.8 Å². The van der Waals surface area contributed by atoms with Gasteiger partial charge in [0.25, 0.3) is 0 Å². The molecule has 0 N–H and O–H groups in total. The zero-order chi connectivity index (χ0) is 6.20. The van der Waals surface area contributed by atoms with Crippen LogP contribution in [-0.2, 0) is 11.8 Å². The molecule has 2 heteroatoms. The third kappa shape index (κ3) is 1.14. The summed E-state index contributed by atoms with van der Waals surface area (Å²) in [7, 11) is 0. The van der Waals surface area contributed by atoms with Crippen molar-refractivity contribution in [3.05, 3.63) is 0 Å². The molecule has 8 heavy (non-hydrogen) atoms. The molecule has 0 bridgehead atoms. The lowest BCUT2D eigenvalue weighted by atomic mass is 10.3.